The second-order valence-corrected chi connectivity index (χ2v) is 4.09. The number of carboxylic acid groups (broad SMARTS) is 1. The summed E-state index contributed by atoms with van der Waals surface area (Å²) >= 11 is 0. The molecule has 2 aromatic heterocycles. The lowest BCUT2D eigenvalue weighted by Crippen LogP contribution is -2.18. The second kappa shape index (κ2) is 5.43. The molecule has 0 saturated carbocycles. The smallest absolute Gasteiger partial charge is 0.451 e. The van der Waals surface area contributed by atoms with Gasteiger partial charge in [0, 0.05) is 0 Å². The van der Waals surface area contributed by atoms with Gasteiger partial charge in [-0.3, -0.25) is 0 Å². The number of rotatable bonds is 4. The van der Waals surface area contributed by atoms with Crippen LogP contribution in [0.15, 0.2) is 22.8 Å². The minimum Gasteiger partial charge on any atom is -0.477 e. The van der Waals surface area contributed by atoms with Crippen LogP contribution >= 0.6 is 0 Å². The molecule has 0 bridgehead atoms. The van der Waals surface area contributed by atoms with Gasteiger partial charge in [-0.05, 0) is 19.1 Å². The van der Waals surface area contributed by atoms with Crippen LogP contribution < -0.4 is 5.32 Å². The number of carbonyl (C=O) groups is 1. The summed E-state index contributed by atoms with van der Waals surface area (Å²) in [6.45, 7) is 1.18. The Bertz CT molecular complexity index is 654. The molecule has 2 aromatic rings. The second-order valence-electron chi connectivity index (χ2n) is 4.09. The molecule has 0 atom stereocenters. The molecule has 2 rings (SSSR count). The van der Waals surface area contributed by atoms with Crippen LogP contribution in [-0.4, -0.2) is 21.0 Å². The molecule has 0 amide bonds. The van der Waals surface area contributed by atoms with Gasteiger partial charge in [-0.1, -0.05) is 0 Å². The lowest BCUT2D eigenvalue weighted by molar-refractivity contribution is -0.145. The summed E-state index contributed by atoms with van der Waals surface area (Å²) in [7, 11) is 0. The third-order valence-corrected chi connectivity index (χ3v) is 2.57. The average molecular weight is 301 g/mol. The van der Waals surface area contributed by atoms with Crippen molar-refractivity contribution >= 4 is 11.8 Å². The van der Waals surface area contributed by atoms with Gasteiger partial charge in [-0.25, -0.2) is 14.8 Å². The number of furan rings is 1. The van der Waals surface area contributed by atoms with Crippen LogP contribution in [0.2, 0.25) is 0 Å². The molecule has 0 aliphatic carbocycles. The molecule has 21 heavy (non-hydrogen) atoms. The Balaban J connectivity index is 2.40. The number of aryl methyl sites for hydroxylation is 1. The van der Waals surface area contributed by atoms with Crippen molar-refractivity contribution in [3.05, 3.63) is 41.2 Å². The number of aromatic carboxylic acids is 1. The van der Waals surface area contributed by atoms with Crippen LogP contribution in [0.5, 0.6) is 0 Å². The number of halogens is 3. The van der Waals surface area contributed by atoms with Crippen molar-refractivity contribution in [1.82, 2.24) is 9.97 Å². The molecule has 0 spiro atoms. The van der Waals surface area contributed by atoms with E-state index >= 15 is 0 Å². The number of anilines is 1. The molecular weight excluding hydrogens is 291 g/mol. The van der Waals surface area contributed by atoms with Crippen LogP contribution in [0, 0.1) is 6.92 Å². The Morgan fingerprint density at radius 3 is 2.67 bits per heavy atom. The fourth-order valence-corrected chi connectivity index (χ4v) is 1.67. The summed E-state index contributed by atoms with van der Waals surface area (Å²) in [5.41, 5.74) is -0.679. The standard InChI is InChI=1S/C12H10F3N3O3/c1-6-8(10(19)20)9(16-5-7-3-2-4-21-7)18-11(17-6)12(13,14)15/h2-4H,5H2,1H3,(H,19,20)(H,16,17,18). The van der Waals surface area contributed by atoms with E-state index in [9.17, 15) is 18.0 Å². The van der Waals surface area contributed by atoms with Crippen molar-refractivity contribution in [2.45, 2.75) is 19.6 Å². The van der Waals surface area contributed by atoms with E-state index in [2.05, 4.69) is 15.3 Å². The summed E-state index contributed by atoms with van der Waals surface area (Å²) < 4.78 is 43.0. The maximum atomic E-state index is 12.7. The molecule has 0 unspecified atom stereocenters. The average Bonchev–Trinajstić information content (AvgIpc) is 2.87. The first-order valence-electron chi connectivity index (χ1n) is 5.74. The largest absolute Gasteiger partial charge is 0.477 e. The van der Waals surface area contributed by atoms with E-state index in [-0.39, 0.29) is 12.2 Å². The number of nitrogens with one attached hydrogen (secondary N) is 1. The lowest BCUT2D eigenvalue weighted by atomic mass is 10.2. The predicted molar refractivity (Wildman–Crippen MR) is 64.8 cm³/mol. The quantitative estimate of drug-likeness (QED) is 0.902. The maximum absolute atomic E-state index is 12.7. The van der Waals surface area contributed by atoms with Gasteiger partial charge in [-0.15, -0.1) is 0 Å². The van der Waals surface area contributed by atoms with Crippen molar-refractivity contribution < 1.29 is 27.5 Å². The molecular formula is C12H10F3N3O3. The van der Waals surface area contributed by atoms with Crippen LogP contribution in [0.3, 0.4) is 0 Å². The first-order valence-corrected chi connectivity index (χ1v) is 5.74. The van der Waals surface area contributed by atoms with E-state index in [1.165, 1.54) is 13.2 Å². The van der Waals surface area contributed by atoms with Gasteiger partial charge in [0.2, 0.25) is 5.82 Å². The monoisotopic (exact) mass is 301 g/mol. The summed E-state index contributed by atoms with van der Waals surface area (Å²) in [5, 5.41) is 11.6. The molecule has 112 valence electrons. The zero-order chi connectivity index (χ0) is 15.6. The number of alkyl halides is 3. The van der Waals surface area contributed by atoms with Gasteiger partial charge in [0.25, 0.3) is 0 Å². The van der Waals surface area contributed by atoms with E-state index in [1.807, 2.05) is 0 Å². The fraction of sp³-hybridized carbons (Fsp3) is 0.250. The summed E-state index contributed by atoms with van der Waals surface area (Å²) in [6, 6.07) is 3.19. The third kappa shape index (κ3) is 3.30. The van der Waals surface area contributed by atoms with E-state index in [1.54, 1.807) is 12.1 Å². The molecule has 0 radical (unpaired) electrons. The Hall–Kier alpha value is -2.58. The normalized spacial score (nSPS) is 11.4. The SMILES string of the molecule is Cc1nc(C(F)(F)F)nc(NCc2ccco2)c1C(=O)O. The fourth-order valence-electron chi connectivity index (χ4n) is 1.67. The zero-order valence-corrected chi connectivity index (χ0v) is 10.7. The highest BCUT2D eigenvalue weighted by atomic mass is 19.4. The zero-order valence-electron chi connectivity index (χ0n) is 10.7. The molecule has 0 saturated heterocycles. The number of nitrogens with zero attached hydrogens (tertiary/aromatic N) is 2. The maximum Gasteiger partial charge on any atom is 0.451 e. The lowest BCUT2D eigenvalue weighted by Gasteiger charge is -2.13. The Labute approximate surface area is 116 Å². The molecule has 0 aliphatic heterocycles. The Kier molecular flexibility index (Phi) is 3.83. The van der Waals surface area contributed by atoms with Gasteiger partial charge in [-0.2, -0.15) is 13.2 Å². The van der Waals surface area contributed by atoms with E-state index < -0.39 is 29.4 Å². The van der Waals surface area contributed by atoms with Crippen LogP contribution in [0.25, 0.3) is 0 Å². The van der Waals surface area contributed by atoms with Crippen molar-refractivity contribution in [2.24, 2.45) is 0 Å². The highest BCUT2D eigenvalue weighted by Gasteiger charge is 2.36. The summed E-state index contributed by atoms with van der Waals surface area (Å²) in [6.07, 6.45) is -3.37. The van der Waals surface area contributed by atoms with Gasteiger partial charge in [0.1, 0.15) is 17.1 Å². The van der Waals surface area contributed by atoms with E-state index in [4.69, 9.17) is 9.52 Å². The number of aromatic nitrogens is 2. The minimum absolute atomic E-state index is 0.00102. The number of hydrogen-bond donors (Lipinski definition) is 2. The van der Waals surface area contributed by atoms with Crippen LogP contribution in [0.4, 0.5) is 19.0 Å². The highest BCUT2D eigenvalue weighted by molar-refractivity contribution is 5.94. The summed E-state index contributed by atoms with van der Waals surface area (Å²) in [4.78, 5) is 17.6. The molecule has 0 aromatic carbocycles. The first-order chi connectivity index (χ1) is 9.79. The minimum atomic E-state index is -4.76. The van der Waals surface area contributed by atoms with Crippen LogP contribution in [-0.2, 0) is 12.7 Å². The van der Waals surface area contributed by atoms with Crippen LogP contribution in [0.1, 0.15) is 27.6 Å². The van der Waals surface area contributed by atoms with Crippen molar-refractivity contribution in [2.75, 3.05) is 5.32 Å². The van der Waals surface area contributed by atoms with Crippen molar-refractivity contribution in [1.29, 1.82) is 0 Å². The topological polar surface area (TPSA) is 88.3 Å². The number of hydrogen-bond acceptors (Lipinski definition) is 5. The molecule has 0 fully saturated rings. The molecule has 9 heteroatoms. The van der Waals surface area contributed by atoms with Gasteiger partial charge in [0.05, 0.1) is 18.5 Å². The van der Waals surface area contributed by atoms with Gasteiger partial charge >= 0.3 is 12.1 Å². The Morgan fingerprint density at radius 2 is 2.14 bits per heavy atom. The highest BCUT2D eigenvalue weighted by Crippen LogP contribution is 2.29. The van der Waals surface area contributed by atoms with Gasteiger partial charge in [0.15, 0.2) is 0 Å². The molecule has 6 nitrogen and oxygen atoms in total. The first kappa shape index (κ1) is 14.8. The predicted octanol–water partition coefficient (Wildman–Crippen LogP) is 2.71. The van der Waals surface area contributed by atoms with E-state index in [0.717, 1.165) is 0 Å². The van der Waals surface area contributed by atoms with Crippen molar-refractivity contribution in [3.63, 3.8) is 0 Å². The van der Waals surface area contributed by atoms with E-state index in [0.29, 0.717) is 5.76 Å². The number of carboxylic acids is 1. The summed E-state index contributed by atoms with van der Waals surface area (Å²) in [5.74, 6) is -2.79. The molecule has 2 heterocycles. The Morgan fingerprint density at radius 1 is 1.43 bits per heavy atom. The molecule has 0 aliphatic rings. The van der Waals surface area contributed by atoms with Gasteiger partial charge < -0.3 is 14.8 Å². The molecule has 2 N–H and O–H groups in total. The third-order valence-electron chi connectivity index (χ3n) is 2.57. The van der Waals surface area contributed by atoms with Crippen molar-refractivity contribution in [3.8, 4) is 0 Å².